The number of hydrogen-bond acceptors (Lipinski definition) is 4. The van der Waals surface area contributed by atoms with Crippen LogP contribution in [0.4, 0.5) is 11.5 Å². The van der Waals surface area contributed by atoms with Crippen LogP contribution in [0.15, 0.2) is 77.8 Å². The molecule has 2 amide bonds. The van der Waals surface area contributed by atoms with Crippen LogP contribution in [-0.4, -0.2) is 22.0 Å². The summed E-state index contributed by atoms with van der Waals surface area (Å²) in [7, 11) is 0. The van der Waals surface area contributed by atoms with Crippen LogP contribution in [0.25, 0.3) is 0 Å². The highest BCUT2D eigenvalue weighted by Crippen LogP contribution is 2.25. The third-order valence-corrected chi connectivity index (χ3v) is 5.10. The van der Waals surface area contributed by atoms with Crippen LogP contribution in [0.5, 0.6) is 0 Å². The number of nitrogens with zero attached hydrogens (tertiary/aromatic N) is 1. The van der Waals surface area contributed by atoms with Gasteiger partial charge in [0.25, 0.3) is 5.91 Å². The van der Waals surface area contributed by atoms with Gasteiger partial charge in [-0.15, -0.1) is 11.8 Å². The maximum absolute atomic E-state index is 12.3. The molecule has 1 heterocycles. The van der Waals surface area contributed by atoms with Gasteiger partial charge >= 0.3 is 0 Å². The van der Waals surface area contributed by atoms with Crippen molar-refractivity contribution in [3.63, 3.8) is 0 Å². The summed E-state index contributed by atoms with van der Waals surface area (Å²) in [5.74, 6) is 0.280. The molecule has 0 radical (unpaired) electrons. The van der Waals surface area contributed by atoms with Gasteiger partial charge in [0.1, 0.15) is 5.82 Å². The lowest BCUT2D eigenvalue weighted by Gasteiger charge is -2.12. The molecule has 0 fully saturated rings. The van der Waals surface area contributed by atoms with Crippen molar-refractivity contribution in [1.82, 2.24) is 4.98 Å². The largest absolute Gasteiger partial charge is 0.322 e. The number of pyridine rings is 1. The Labute approximate surface area is 168 Å². The number of carbonyl (C=O) groups excluding carboxylic acids is 2. The smallest absolute Gasteiger partial charge is 0.255 e. The van der Waals surface area contributed by atoms with E-state index >= 15 is 0 Å². The fourth-order valence-electron chi connectivity index (χ4n) is 2.53. The number of rotatable bonds is 6. The molecule has 6 heteroatoms. The van der Waals surface area contributed by atoms with E-state index in [0.29, 0.717) is 17.1 Å². The Morgan fingerprint density at radius 2 is 1.75 bits per heavy atom. The number of benzene rings is 2. The van der Waals surface area contributed by atoms with Gasteiger partial charge in [-0.25, -0.2) is 4.98 Å². The first-order valence-corrected chi connectivity index (χ1v) is 9.76. The normalized spacial score (nSPS) is 11.5. The SMILES string of the molecule is Cc1cccc(C(=O)Nc2ccc(SC(C)C(=O)Nc3ccccn3)cc2)c1. The third-order valence-electron chi connectivity index (χ3n) is 3.99. The number of carbonyl (C=O) groups is 2. The lowest BCUT2D eigenvalue weighted by Crippen LogP contribution is -2.22. The minimum Gasteiger partial charge on any atom is -0.322 e. The maximum Gasteiger partial charge on any atom is 0.255 e. The molecule has 0 aliphatic carbocycles. The summed E-state index contributed by atoms with van der Waals surface area (Å²) in [5, 5.41) is 5.40. The van der Waals surface area contributed by atoms with Gasteiger partial charge in [0.15, 0.2) is 0 Å². The molecule has 2 aromatic carbocycles. The molecule has 0 aliphatic rings. The van der Waals surface area contributed by atoms with Crippen LogP contribution in [0.1, 0.15) is 22.8 Å². The Morgan fingerprint density at radius 3 is 2.43 bits per heavy atom. The van der Waals surface area contributed by atoms with Crippen molar-refractivity contribution < 1.29 is 9.59 Å². The predicted molar refractivity (Wildman–Crippen MR) is 114 cm³/mol. The molecule has 1 aromatic heterocycles. The van der Waals surface area contributed by atoms with Crippen LogP contribution in [-0.2, 0) is 4.79 Å². The first-order chi connectivity index (χ1) is 13.5. The summed E-state index contributed by atoms with van der Waals surface area (Å²) in [4.78, 5) is 29.6. The summed E-state index contributed by atoms with van der Waals surface area (Å²) in [6.45, 7) is 3.80. The Bertz CT molecular complexity index is 959. The second-order valence-corrected chi connectivity index (χ2v) is 7.73. The van der Waals surface area contributed by atoms with E-state index in [1.807, 2.05) is 62.4 Å². The van der Waals surface area contributed by atoms with E-state index in [0.717, 1.165) is 10.5 Å². The molecule has 3 rings (SSSR count). The molecular formula is C22H21N3O2S. The monoisotopic (exact) mass is 391 g/mol. The Hall–Kier alpha value is -3.12. The number of thioether (sulfide) groups is 1. The van der Waals surface area contributed by atoms with E-state index in [2.05, 4.69) is 15.6 Å². The third kappa shape index (κ3) is 5.44. The highest BCUT2D eigenvalue weighted by molar-refractivity contribution is 8.00. The molecule has 0 bridgehead atoms. The molecule has 5 nitrogen and oxygen atoms in total. The van der Waals surface area contributed by atoms with Crippen molar-refractivity contribution in [2.45, 2.75) is 24.0 Å². The molecule has 0 saturated carbocycles. The zero-order valence-corrected chi connectivity index (χ0v) is 16.5. The van der Waals surface area contributed by atoms with E-state index in [4.69, 9.17) is 0 Å². The molecule has 142 valence electrons. The number of nitrogens with one attached hydrogen (secondary N) is 2. The quantitative estimate of drug-likeness (QED) is 0.594. The molecule has 0 spiro atoms. The van der Waals surface area contributed by atoms with Gasteiger partial charge in [0, 0.05) is 22.3 Å². The van der Waals surface area contributed by atoms with Crippen LogP contribution < -0.4 is 10.6 Å². The van der Waals surface area contributed by atoms with E-state index in [1.54, 1.807) is 24.4 Å². The number of amides is 2. The van der Waals surface area contributed by atoms with Gasteiger partial charge in [-0.05, 0) is 62.4 Å². The Balaban J connectivity index is 1.56. The van der Waals surface area contributed by atoms with Gasteiger partial charge in [-0.2, -0.15) is 0 Å². The minimum absolute atomic E-state index is 0.111. The minimum atomic E-state index is -0.283. The molecule has 1 unspecified atom stereocenters. The Morgan fingerprint density at radius 1 is 0.964 bits per heavy atom. The summed E-state index contributed by atoms with van der Waals surface area (Å²) in [6.07, 6.45) is 1.64. The van der Waals surface area contributed by atoms with Gasteiger partial charge in [-0.3, -0.25) is 9.59 Å². The average Bonchev–Trinajstić information content (AvgIpc) is 2.70. The summed E-state index contributed by atoms with van der Waals surface area (Å²) < 4.78 is 0. The molecular weight excluding hydrogens is 370 g/mol. The second kappa shape index (κ2) is 9.19. The van der Waals surface area contributed by atoms with Crippen molar-refractivity contribution in [1.29, 1.82) is 0 Å². The molecule has 0 saturated heterocycles. The van der Waals surface area contributed by atoms with Crippen LogP contribution >= 0.6 is 11.8 Å². The summed E-state index contributed by atoms with van der Waals surface area (Å²) in [5.41, 5.74) is 2.37. The van der Waals surface area contributed by atoms with Gasteiger partial charge < -0.3 is 10.6 Å². The van der Waals surface area contributed by atoms with Crippen molar-refractivity contribution in [3.8, 4) is 0 Å². The lowest BCUT2D eigenvalue weighted by molar-refractivity contribution is -0.115. The highest BCUT2D eigenvalue weighted by atomic mass is 32.2. The number of aromatic nitrogens is 1. The number of aryl methyl sites for hydroxylation is 1. The molecule has 2 N–H and O–H groups in total. The summed E-state index contributed by atoms with van der Waals surface area (Å²) in [6, 6.07) is 20.3. The van der Waals surface area contributed by atoms with E-state index < -0.39 is 0 Å². The molecule has 1 atom stereocenters. The van der Waals surface area contributed by atoms with Crippen molar-refractivity contribution >= 4 is 35.1 Å². The van der Waals surface area contributed by atoms with Gasteiger partial charge in [0.2, 0.25) is 5.91 Å². The zero-order valence-electron chi connectivity index (χ0n) is 15.7. The first-order valence-electron chi connectivity index (χ1n) is 8.88. The van der Waals surface area contributed by atoms with Gasteiger partial charge in [0.05, 0.1) is 5.25 Å². The van der Waals surface area contributed by atoms with E-state index in [-0.39, 0.29) is 17.1 Å². The number of anilines is 2. The van der Waals surface area contributed by atoms with Crippen molar-refractivity contribution in [3.05, 3.63) is 84.1 Å². The lowest BCUT2D eigenvalue weighted by atomic mass is 10.1. The predicted octanol–water partition coefficient (Wildman–Crippen LogP) is 4.76. The first kappa shape index (κ1) is 19.6. The molecule has 3 aromatic rings. The van der Waals surface area contributed by atoms with Crippen LogP contribution in [0, 0.1) is 6.92 Å². The van der Waals surface area contributed by atoms with Crippen molar-refractivity contribution in [2.75, 3.05) is 10.6 Å². The van der Waals surface area contributed by atoms with Crippen LogP contribution in [0.2, 0.25) is 0 Å². The highest BCUT2D eigenvalue weighted by Gasteiger charge is 2.15. The maximum atomic E-state index is 12.3. The molecule has 0 aliphatic heterocycles. The standard InChI is InChI=1S/C22H21N3O2S/c1-15-6-5-7-17(14-15)22(27)24-18-9-11-19(12-10-18)28-16(2)21(26)25-20-8-3-4-13-23-20/h3-14,16H,1-2H3,(H,24,27)(H,23,25,26). The van der Waals surface area contributed by atoms with Crippen LogP contribution in [0.3, 0.4) is 0 Å². The van der Waals surface area contributed by atoms with E-state index in [1.165, 1.54) is 11.8 Å². The topological polar surface area (TPSA) is 71.1 Å². The Kier molecular flexibility index (Phi) is 6.45. The molecule has 28 heavy (non-hydrogen) atoms. The number of hydrogen-bond donors (Lipinski definition) is 2. The van der Waals surface area contributed by atoms with E-state index in [9.17, 15) is 9.59 Å². The van der Waals surface area contributed by atoms with Gasteiger partial charge in [-0.1, -0.05) is 23.8 Å². The fraction of sp³-hybridized carbons (Fsp3) is 0.136. The summed E-state index contributed by atoms with van der Waals surface area (Å²) >= 11 is 1.44. The zero-order chi connectivity index (χ0) is 19.9. The second-order valence-electron chi connectivity index (χ2n) is 6.31. The fourth-order valence-corrected chi connectivity index (χ4v) is 3.40. The average molecular weight is 391 g/mol. The van der Waals surface area contributed by atoms with Crippen molar-refractivity contribution in [2.24, 2.45) is 0 Å².